The number of fused-ring (bicyclic) bond motifs is 1. The number of anilines is 2. The number of nitrogens with one attached hydrogen (secondary N) is 2. The van der Waals surface area contributed by atoms with Gasteiger partial charge >= 0.3 is 0 Å². The molecule has 0 radical (unpaired) electrons. The molecule has 0 bridgehead atoms. The van der Waals surface area contributed by atoms with Crippen LogP contribution >= 0.6 is 0 Å². The first-order valence-electron chi connectivity index (χ1n) is 8.72. The first-order valence-corrected chi connectivity index (χ1v) is 8.72. The number of rotatable bonds is 6. The largest absolute Gasteiger partial charge is 0.423 e. The first-order chi connectivity index (χ1) is 13.5. The summed E-state index contributed by atoms with van der Waals surface area (Å²) in [6, 6.07) is 9.90. The Morgan fingerprint density at radius 3 is 2.79 bits per heavy atom. The predicted molar refractivity (Wildman–Crippen MR) is 111 cm³/mol. The molecular weight excluding hydrogens is 354 g/mol. The molecule has 0 saturated heterocycles. The van der Waals surface area contributed by atoms with Crippen LogP contribution < -0.4 is 10.6 Å². The van der Waals surface area contributed by atoms with Gasteiger partial charge in [-0.05, 0) is 50.4 Å². The fourth-order valence-corrected chi connectivity index (χ4v) is 2.64. The van der Waals surface area contributed by atoms with E-state index in [0.29, 0.717) is 17.4 Å². The molecule has 1 amide bonds. The van der Waals surface area contributed by atoms with Crippen LogP contribution in [-0.4, -0.2) is 22.6 Å². The van der Waals surface area contributed by atoms with Crippen LogP contribution in [0.15, 0.2) is 63.9 Å². The molecule has 0 aliphatic heterocycles. The third kappa shape index (κ3) is 4.32. The lowest BCUT2D eigenvalue weighted by molar-refractivity contribution is -0.118. The van der Waals surface area contributed by atoms with Gasteiger partial charge in [0, 0.05) is 18.7 Å². The van der Waals surface area contributed by atoms with Crippen molar-refractivity contribution in [2.24, 2.45) is 4.99 Å². The molecule has 28 heavy (non-hydrogen) atoms. The Kier molecular flexibility index (Phi) is 5.64. The van der Waals surface area contributed by atoms with Crippen molar-refractivity contribution in [3.8, 4) is 0 Å². The predicted octanol–water partition coefficient (Wildman–Crippen LogP) is 4.36. The summed E-state index contributed by atoms with van der Waals surface area (Å²) in [5.74, 6) is 0.157. The van der Waals surface area contributed by atoms with E-state index in [9.17, 15) is 4.79 Å². The second kappa shape index (κ2) is 8.30. The Labute approximate surface area is 162 Å². The number of amides is 1. The number of aliphatic imine (C=N–C) groups is 1. The number of oxazole rings is 1. The summed E-state index contributed by atoms with van der Waals surface area (Å²) in [5, 5.41) is 5.82. The average molecular weight is 375 g/mol. The highest BCUT2D eigenvalue weighted by Gasteiger charge is 2.10. The van der Waals surface area contributed by atoms with Crippen molar-refractivity contribution < 1.29 is 9.21 Å². The zero-order valence-corrected chi connectivity index (χ0v) is 16.0. The number of allylic oxidation sites excluding steroid dienone is 3. The van der Waals surface area contributed by atoms with Gasteiger partial charge in [-0.3, -0.25) is 9.78 Å². The molecular formula is C21H21N5O2. The Bertz CT molecular complexity index is 1060. The van der Waals surface area contributed by atoms with Gasteiger partial charge in [0.15, 0.2) is 5.58 Å². The molecule has 3 aromatic rings. The van der Waals surface area contributed by atoms with Gasteiger partial charge in [0.25, 0.3) is 6.01 Å². The zero-order chi connectivity index (χ0) is 20.1. The summed E-state index contributed by atoms with van der Waals surface area (Å²) in [5.41, 5.74) is 4.74. The number of aryl methyl sites for hydroxylation is 1. The van der Waals surface area contributed by atoms with E-state index < -0.39 is 0 Å². The van der Waals surface area contributed by atoms with E-state index in [2.05, 4.69) is 32.3 Å². The van der Waals surface area contributed by atoms with Crippen molar-refractivity contribution in [3.63, 3.8) is 0 Å². The topological polar surface area (TPSA) is 92.4 Å². The number of carbonyl (C=O) groups is 1. The maximum atomic E-state index is 11.3. The molecule has 0 unspecified atom stereocenters. The second-order valence-corrected chi connectivity index (χ2v) is 6.08. The number of carbonyl (C=O) groups excluding carboxylic acids is 1. The van der Waals surface area contributed by atoms with Gasteiger partial charge in [0.1, 0.15) is 11.3 Å². The molecule has 1 aromatic carbocycles. The summed E-state index contributed by atoms with van der Waals surface area (Å²) < 4.78 is 5.73. The highest BCUT2D eigenvalue weighted by Crippen LogP contribution is 2.26. The van der Waals surface area contributed by atoms with Gasteiger partial charge in [-0.2, -0.15) is 4.98 Å². The second-order valence-electron chi connectivity index (χ2n) is 6.08. The molecule has 3 rings (SSSR count). The van der Waals surface area contributed by atoms with Crippen LogP contribution in [0.1, 0.15) is 25.1 Å². The normalized spacial score (nSPS) is 12.1. The minimum atomic E-state index is -0.213. The Morgan fingerprint density at radius 1 is 1.32 bits per heavy atom. The van der Waals surface area contributed by atoms with E-state index in [1.807, 2.05) is 50.3 Å². The molecule has 0 aliphatic rings. The lowest BCUT2D eigenvalue weighted by Gasteiger charge is -2.10. The van der Waals surface area contributed by atoms with Gasteiger partial charge in [0.05, 0.1) is 11.4 Å². The molecule has 0 spiro atoms. The molecule has 0 atom stereocenters. The van der Waals surface area contributed by atoms with Gasteiger partial charge in [-0.1, -0.05) is 18.2 Å². The van der Waals surface area contributed by atoms with Crippen LogP contribution in [0.5, 0.6) is 0 Å². The number of pyridine rings is 1. The zero-order valence-electron chi connectivity index (χ0n) is 16.0. The Balaban J connectivity index is 1.92. The van der Waals surface area contributed by atoms with Gasteiger partial charge in [-0.25, -0.2) is 4.99 Å². The standard InChI is InChI=1S/C21H21N5O2/c1-5-15(11-20(22-4)24-14(3)27)16-10-18(13(2)23-12-16)26-21-25-17-8-6-7-9-19(17)28-21/h5-12H,4H2,1-3H3,(H,24,27)(H,25,26)/b15-5+,20-11+. The quantitative estimate of drug-likeness (QED) is 0.493. The fourth-order valence-electron chi connectivity index (χ4n) is 2.64. The van der Waals surface area contributed by atoms with Crippen molar-refractivity contribution in [1.82, 2.24) is 15.3 Å². The van der Waals surface area contributed by atoms with Crippen LogP contribution in [0.3, 0.4) is 0 Å². The van der Waals surface area contributed by atoms with Gasteiger partial charge < -0.3 is 15.1 Å². The number of hydrogen-bond donors (Lipinski definition) is 2. The maximum absolute atomic E-state index is 11.3. The summed E-state index contributed by atoms with van der Waals surface area (Å²) in [7, 11) is 0. The number of aromatic nitrogens is 2. The SMILES string of the molecule is C=N/C(=C\C(=C/C)c1cnc(C)c(Nc2nc3ccccc3o2)c1)NC(C)=O. The number of nitrogens with zero attached hydrogens (tertiary/aromatic N) is 3. The lowest BCUT2D eigenvalue weighted by Crippen LogP contribution is -2.17. The van der Waals surface area contributed by atoms with Crippen molar-refractivity contribution >= 4 is 41.0 Å². The van der Waals surface area contributed by atoms with Crippen molar-refractivity contribution in [3.05, 3.63) is 65.8 Å². The van der Waals surface area contributed by atoms with E-state index in [1.54, 1.807) is 12.3 Å². The van der Waals surface area contributed by atoms with E-state index >= 15 is 0 Å². The highest BCUT2D eigenvalue weighted by molar-refractivity contribution is 5.80. The summed E-state index contributed by atoms with van der Waals surface area (Å²) in [6.07, 6.45) is 5.40. The van der Waals surface area contributed by atoms with E-state index in [1.165, 1.54) is 6.92 Å². The van der Waals surface area contributed by atoms with Gasteiger partial charge in [-0.15, -0.1) is 0 Å². The average Bonchev–Trinajstić information content (AvgIpc) is 3.09. The highest BCUT2D eigenvalue weighted by atomic mass is 16.4. The lowest BCUT2D eigenvalue weighted by atomic mass is 10.1. The van der Waals surface area contributed by atoms with Crippen LogP contribution in [0.2, 0.25) is 0 Å². The molecule has 0 aliphatic carbocycles. The molecule has 2 N–H and O–H groups in total. The molecule has 7 nitrogen and oxygen atoms in total. The van der Waals surface area contributed by atoms with Crippen LogP contribution in [0, 0.1) is 6.92 Å². The Hall–Kier alpha value is -3.74. The number of benzene rings is 1. The molecule has 2 aromatic heterocycles. The summed E-state index contributed by atoms with van der Waals surface area (Å²) >= 11 is 0. The third-order valence-electron chi connectivity index (χ3n) is 4.03. The number of hydrogen-bond acceptors (Lipinski definition) is 6. The summed E-state index contributed by atoms with van der Waals surface area (Å²) in [4.78, 5) is 24.0. The molecule has 7 heteroatoms. The van der Waals surface area contributed by atoms with E-state index in [4.69, 9.17) is 4.42 Å². The van der Waals surface area contributed by atoms with Crippen LogP contribution in [-0.2, 0) is 4.79 Å². The minimum absolute atomic E-state index is 0.213. The first kappa shape index (κ1) is 19.0. The fraction of sp³-hybridized carbons (Fsp3) is 0.143. The molecule has 0 fully saturated rings. The van der Waals surface area contributed by atoms with Crippen LogP contribution in [0.25, 0.3) is 16.7 Å². The number of para-hydroxylation sites is 2. The molecule has 0 saturated carbocycles. The maximum Gasteiger partial charge on any atom is 0.300 e. The van der Waals surface area contributed by atoms with E-state index in [-0.39, 0.29) is 5.91 Å². The van der Waals surface area contributed by atoms with Crippen LogP contribution in [0.4, 0.5) is 11.7 Å². The van der Waals surface area contributed by atoms with Gasteiger partial charge in [0.2, 0.25) is 5.91 Å². The summed E-state index contributed by atoms with van der Waals surface area (Å²) in [6.45, 7) is 8.71. The molecule has 2 heterocycles. The van der Waals surface area contributed by atoms with Crippen molar-refractivity contribution in [2.75, 3.05) is 5.32 Å². The van der Waals surface area contributed by atoms with Crippen molar-refractivity contribution in [1.29, 1.82) is 0 Å². The smallest absolute Gasteiger partial charge is 0.300 e. The van der Waals surface area contributed by atoms with E-state index in [0.717, 1.165) is 28.0 Å². The van der Waals surface area contributed by atoms with Crippen molar-refractivity contribution in [2.45, 2.75) is 20.8 Å². The molecule has 142 valence electrons. The third-order valence-corrected chi connectivity index (χ3v) is 4.03. The monoisotopic (exact) mass is 375 g/mol. The Morgan fingerprint density at radius 2 is 2.11 bits per heavy atom. The minimum Gasteiger partial charge on any atom is -0.423 e.